The van der Waals surface area contributed by atoms with E-state index < -0.39 is 108 Å². The van der Waals surface area contributed by atoms with E-state index in [0.717, 1.165) is 20.9 Å². The van der Waals surface area contributed by atoms with Gasteiger partial charge < -0.3 is 19.3 Å². The number of rotatable bonds is 16. The molecule has 18 rings (SSSR count). The Morgan fingerprint density at radius 1 is 0.278 bits per heavy atom. The first-order valence-corrected chi connectivity index (χ1v) is 37.3. The number of nitrogens with zero attached hydrogens (tertiary/aromatic N) is 2. The van der Waals surface area contributed by atoms with Crippen molar-refractivity contribution < 1.29 is 62.2 Å². The van der Waals surface area contributed by atoms with Crippen LogP contribution < -0.4 is 19.3 Å². The lowest BCUT2D eigenvalue weighted by atomic mass is 9.67. The van der Waals surface area contributed by atoms with Crippen LogP contribution in [0.1, 0.15) is 118 Å². The lowest BCUT2D eigenvalue weighted by molar-refractivity contribution is 0.349. The quantitative estimate of drug-likeness (QED) is 0.0547. The van der Waals surface area contributed by atoms with Gasteiger partial charge in [-0.1, -0.05) is 199 Å². The second-order valence-corrected chi connectivity index (χ2v) is 31.0. The molecule has 0 saturated heterocycles. The summed E-state index contributed by atoms with van der Waals surface area (Å²) in [5.41, 5.74) is 2.22. The monoisotopic (exact) mass is 1540 g/mol. The Hall–Kier alpha value is -13.1. The van der Waals surface area contributed by atoms with Gasteiger partial charge in [-0.15, -0.1) is 0 Å². The third-order valence-electron chi connectivity index (χ3n) is 23.7. The first-order valence-electron chi connectivity index (χ1n) is 37.3. The minimum Gasteiger partial charge on any atom is -0.457 e. The van der Waals surface area contributed by atoms with Crippen LogP contribution in [-0.2, 0) is 27.1 Å². The van der Waals surface area contributed by atoms with Crippen molar-refractivity contribution in [1.29, 1.82) is 0 Å². The zero-order valence-corrected chi connectivity index (χ0v) is 62.1. The third kappa shape index (κ3) is 11.2. The first kappa shape index (κ1) is 73.4. The van der Waals surface area contributed by atoms with Crippen molar-refractivity contribution in [3.05, 3.63) is 428 Å². The van der Waals surface area contributed by atoms with Gasteiger partial charge in [0.2, 0.25) is 11.6 Å². The molecule has 568 valence electrons. The number of anilines is 6. The van der Waals surface area contributed by atoms with Gasteiger partial charge in [-0.05, 0) is 245 Å². The summed E-state index contributed by atoms with van der Waals surface area (Å²) in [4.78, 5) is 1.96. The summed E-state index contributed by atoms with van der Waals surface area (Å²) in [6, 6.07) is 75.2. The van der Waals surface area contributed by atoms with Crippen LogP contribution in [0.4, 0.5) is 86.8 Å². The van der Waals surface area contributed by atoms with Crippen molar-refractivity contribution in [2.24, 2.45) is 0 Å². The standard InChI is InChI=1S/C99H66F12N2O2/c1-7-55-23-35-67(36-24-55)114-69-39-27-57(28-40-69)98(59-15-13-17-61(100)47-59)75-21-11-9-19-71(75)73-43-31-63(49-79(73)98)112(93-89(108)85(104)83(102)86(105)90(93)109)65-33-45-77-81(51-65)97(53-95(77,3)4)54-96(5,6)78-46-34-66(52-82(78)97)113(94-91(110)87(106)84(103)88(107)92(94)111)64-32-44-74-72-20-10-12-22-76(72)99(80(74)50-64,60-16-14-18-62(101)48-60)58-29-41-70(42-30-58)115-68-37-25-56(8-2)26-38-68/h7-52H,1-2,53-54H2,3-6H3. The molecule has 115 heavy (non-hydrogen) atoms. The molecular weight excluding hydrogens is 1480 g/mol. The molecule has 0 radical (unpaired) electrons. The second-order valence-electron chi connectivity index (χ2n) is 31.0. The normalized spacial score (nSPS) is 17.5. The van der Waals surface area contributed by atoms with Gasteiger partial charge in [0.15, 0.2) is 46.5 Å². The molecule has 0 aromatic heterocycles. The molecule has 0 bridgehead atoms. The predicted octanol–water partition coefficient (Wildman–Crippen LogP) is 27.5. The Balaban J connectivity index is 0.831. The Morgan fingerprint density at radius 2 is 0.583 bits per heavy atom. The van der Waals surface area contributed by atoms with Crippen LogP contribution in [-0.4, -0.2) is 0 Å². The number of hydrogen-bond donors (Lipinski definition) is 0. The lowest BCUT2D eigenvalue weighted by Gasteiger charge is -2.35. The molecular formula is C99H66F12N2O2. The fourth-order valence-corrected chi connectivity index (χ4v) is 19.0. The van der Waals surface area contributed by atoms with E-state index in [1.807, 2.05) is 125 Å². The second kappa shape index (κ2) is 27.1. The molecule has 0 heterocycles. The van der Waals surface area contributed by atoms with E-state index in [4.69, 9.17) is 9.47 Å². The summed E-state index contributed by atoms with van der Waals surface area (Å²) in [5, 5.41) is 0. The van der Waals surface area contributed by atoms with Gasteiger partial charge in [0.25, 0.3) is 0 Å². The van der Waals surface area contributed by atoms with Crippen LogP contribution in [0.15, 0.2) is 280 Å². The molecule has 14 aromatic carbocycles. The maximum Gasteiger partial charge on any atom is 0.200 e. The highest BCUT2D eigenvalue weighted by Gasteiger charge is 2.57. The maximum absolute atomic E-state index is 17.5. The lowest BCUT2D eigenvalue weighted by Crippen LogP contribution is -2.29. The van der Waals surface area contributed by atoms with Crippen LogP contribution >= 0.6 is 0 Å². The molecule has 0 N–H and O–H groups in total. The van der Waals surface area contributed by atoms with Crippen molar-refractivity contribution in [2.45, 2.75) is 67.6 Å². The molecule has 0 aliphatic heterocycles. The fraction of sp³-hybridized carbons (Fsp3) is 0.111. The SMILES string of the molecule is C=Cc1ccc(Oc2ccc(C3(c4cccc(F)c4)c4ccccc4-c4ccc(N(c5ccc6c(c5)C5(CC6(C)C)CC(C)(C)c6ccc(N(c7ccc8c(c7)C(c7ccc(Oc9ccc(C=C)cc9)cc7)(c7cccc(F)c7)c7ccccc7-8)c7c(F)c(F)c(F)c(F)c7F)cc65)c5c(F)c(F)c(F)c(F)c5F)cc43)cc2)cc1. The summed E-state index contributed by atoms with van der Waals surface area (Å²) >= 11 is 0. The van der Waals surface area contributed by atoms with Crippen LogP contribution in [0.5, 0.6) is 23.0 Å². The molecule has 14 aromatic rings. The molecule has 4 aliphatic carbocycles. The molecule has 2 atom stereocenters. The number of hydrogen-bond acceptors (Lipinski definition) is 4. The highest BCUT2D eigenvalue weighted by molar-refractivity contribution is 5.93. The smallest absolute Gasteiger partial charge is 0.200 e. The zero-order chi connectivity index (χ0) is 80.1. The van der Waals surface area contributed by atoms with E-state index in [1.54, 1.807) is 133 Å². The molecule has 0 amide bonds. The van der Waals surface area contributed by atoms with Crippen molar-refractivity contribution in [2.75, 3.05) is 9.80 Å². The van der Waals surface area contributed by atoms with Crippen molar-refractivity contribution in [1.82, 2.24) is 0 Å². The van der Waals surface area contributed by atoms with E-state index in [9.17, 15) is 0 Å². The molecule has 1 spiro atoms. The largest absolute Gasteiger partial charge is 0.457 e. The molecule has 4 nitrogen and oxygen atoms in total. The Bertz CT molecular complexity index is 5950. The maximum atomic E-state index is 17.5. The first-order chi connectivity index (χ1) is 55.3. The Morgan fingerprint density at radius 3 is 0.922 bits per heavy atom. The average molecular weight is 1540 g/mol. The van der Waals surface area contributed by atoms with Crippen LogP contribution in [0, 0.1) is 69.8 Å². The number of benzene rings is 14. The van der Waals surface area contributed by atoms with E-state index in [2.05, 4.69) is 13.2 Å². The van der Waals surface area contributed by atoms with Gasteiger partial charge in [0, 0.05) is 28.2 Å². The number of halogens is 12. The van der Waals surface area contributed by atoms with Gasteiger partial charge in [-0.25, -0.2) is 52.7 Å². The van der Waals surface area contributed by atoms with Crippen molar-refractivity contribution in [3.63, 3.8) is 0 Å². The van der Waals surface area contributed by atoms with Gasteiger partial charge >= 0.3 is 0 Å². The summed E-state index contributed by atoms with van der Waals surface area (Å²) < 4.78 is 212. The zero-order valence-electron chi connectivity index (χ0n) is 62.1. The highest BCUT2D eigenvalue weighted by atomic mass is 19.2. The van der Waals surface area contributed by atoms with Gasteiger partial charge in [0.05, 0.1) is 10.8 Å². The number of fused-ring (bicyclic) bond motifs is 10. The minimum absolute atomic E-state index is 0.0828. The van der Waals surface area contributed by atoms with Crippen molar-refractivity contribution >= 4 is 46.3 Å². The van der Waals surface area contributed by atoms with Gasteiger partial charge in [0.1, 0.15) is 46.0 Å². The van der Waals surface area contributed by atoms with Gasteiger partial charge in [-0.3, -0.25) is 0 Å². The van der Waals surface area contributed by atoms with E-state index in [-0.39, 0.29) is 35.6 Å². The Labute approximate surface area is 655 Å². The third-order valence-corrected chi connectivity index (χ3v) is 23.7. The molecule has 16 heteroatoms. The van der Waals surface area contributed by atoms with Gasteiger partial charge in [-0.2, -0.15) is 0 Å². The van der Waals surface area contributed by atoms with E-state index >= 15 is 52.7 Å². The van der Waals surface area contributed by atoms with Crippen LogP contribution in [0.25, 0.3) is 34.4 Å². The fourth-order valence-electron chi connectivity index (χ4n) is 19.0. The summed E-state index contributed by atoms with van der Waals surface area (Å²) in [6.07, 6.45) is 3.93. The van der Waals surface area contributed by atoms with Crippen LogP contribution in [0.2, 0.25) is 0 Å². The number of ether oxygens (including phenoxy) is 2. The summed E-state index contributed by atoms with van der Waals surface area (Å²) in [5.74, 6) is -21.6. The Kier molecular flexibility index (Phi) is 17.3. The molecule has 0 fully saturated rings. The highest BCUT2D eigenvalue weighted by Crippen LogP contribution is 2.66. The molecule has 2 unspecified atom stereocenters. The molecule has 4 aliphatic rings. The average Bonchev–Trinajstić information content (AvgIpc) is 1.54. The van der Waals surface area contributed by atoms with Crippen LogP contribution in [0.3, 0.4) is 0 Å². The predicted molar refractivity (Wildman–Crippen MR) is 426 cm³/mol. The molecule has 0 saturated carbocycles. The minimum atomic E-state index is -2.40. The van der Waals surface area contributed by atoms with E-state index in [0.29, 0.717) is 112 Å². The topological polar surface area (TPSA) is 24.9 Å². The van der Waals surface area contributed by atoms with Crippen molar-refractivity contribution in [3.8, 4) is 45.3 Å². The summed E-state index contributed by atoms with van der Waals surface area (Å²) in [7, 11) is 0. The van der Waals surface area contributed by atoms with E-state index in [1.165, 1.54) is 48.5 Å². The summed E-state index contributed by atoms with van der Waals surface area (Å²) in [6.45, 7) is 15.6.